The van der Waals surface area contributed by atoms with Crippen LogP contribution in [0.4, 0.5) is 0 Å². The summed E-state index contributed by atoms with van der Waals surface area (Å²) in [6, 6.07) is 11.6. The Hall–Kier alpha value is -2.73. The van der Waals surface area contributed by atoms with Crippen LogP contribution >= 0.6 is 0 Å². The van der Waals surface area contributed by atoms with Crippen LogP contribution in [0, 0.1) is 0 Å². The molecular formula is C20H22N4O2. The van der Waals surface area contributed by atoms with Crippen LogP contribution in [0.15, 0.2) is 48.9 Å². The summed E-state index contributed by atoms with van der Waals surface area (Å²) in [5.41, 5.74) is 2.34. The first kappa shape index (κ1) is 16.7. The average molecular weight is 350 g/mol. The molecule has 6 nitrogen and oxygen atoms in total. The third-order valence-electron chi connectivity index (χ3n) is 4.87. The smallest absolute Gasteiger partial charge is 0.273 e. The Morgan fingerprint density at radius 2 is 2.15 bits per heavy atom. The largest absolute Gasteiger partial charge is 0.380 e. The molecule has 3 heterocycles. The number of ether oxygens (including phenoxy) is 1. The molecular weight excluding hydrogens is 328 g/mol. The van der Waals surface area contributed by atoms with Gasteiger partial charge in [-0.05, 0) is 25.5 Å². The second-order valence-corrected chi connectivity index (χ2v) is 6.50. The first-order valence-corrected chi connectivity index (χ1v) is 9.00. The van der Waals surface area contributed by atoms with Crippen LogP contribution < -0.4 is 0 Å². The molecule has 6 heteroatoms. The Kier molecular flexibility index (Phi) is 4.67. The SMILES string of the molecule is CCOC[C@H]1CCn2cncc2CN1C(=O)c1ccc2ccccc2n1. The fourth-order valence-corrected chi connectivity index (χ4v) is 3.43. The van der Waals surface area contributed by atoms with Crippen molar-refractivity contribution in [1.82, 2.24) is 19.4 Å². The van der Waals surface area contributed by atoms with E-state index in [1.54, 1.807) is 0 Å². The molecule has 0 radical (unpaired) electrons. The van der Waals surface area contributed by atoms with Crippen molar-refractivity contribution in [2.24, 2.45) is 0 Å². The van der Waals surface area contributed by atoms with Crippen molar-refractivity contribution in [2.75, 3.05) is 13.2 Å². The van der Waals surface area contributed by atoms with Gasteiger partial charge in [-0.3, -0.25) is 4.79 Å². The van der Waals surface area contributed by atoms with Crippen molar-refractivity contribution in [3.8, 4) is 0 Å². The summed E-state index contributed by atoms with van der Waals surface area (Å²) in [5, 5.41) is 1.03. The second kappa shape index (κ2) is 7.25. The molecule has 2 aromatic heterocycles. The summed E-state index contributed by atoms with van der Waals surface area (Å²) < 4.78 is 7.76. The van der Waals surface area contributed by atoms with Gasteiger partial charge >= 0.3 is 0 Å². The van der Waals surface area contributed by atoms with E-state index in [0.29, 0.717) is 25.5 Å². The summed E-state index contributed by atoms with van der Waals surface area (Å²) in [6.07, 6.45) is 4.50. The lowest BCUT2D eigenvalue weighted by Gasteiger charge is -2.29. The van der Waals surface area contributed by atoms with E-state index in [0.717, 1.165) is 29.6 Å². The molecule has 1 aliphatic rings. The van der Waals surface area contributed by atoms with Crippen molar-refractivity contribution >= 4 is 16.8 Å². The van der Waals surface area contributed by atoms with Gasteiger partial charge in [0.2, 0.25) is 0 Å². The minimum Gasteiger partial charge on any atom is -0.380 e. The molecule has 1 amide bonds. The second-order valence-electron chi connectivity index (χ2n) is 6.50. The number of aromatic nitrogens is 3. The number of rotatable bonds is 4. The number of pyridine rings is 1. The number of hydrogen-bond donors (Lipinski definition) is 0. The zero-order valence-electron chi connectivity index (χ0n) is 14.8. The van der Waals surface area contributed by atoms with Crippen molar-refractivity contribution in [2.45, 2.75) is 32.5 Å². The number of benzene rings is 1. The van der Waals surface area contributed by atoms with Crippen LogP contribution in [0.5, 0.6) is 0 Å². The molecule has 0 N–H and O–H groups in total. The predicted molar refractivity (Wildman–Crippen MR) is 98.7 cm³/mol. The number of imidazole rings is 1. The maximum Gasteiger partial charge on any atom is 0.273 e. The first-order chi connectivity index (χ1) is 12.8. The van der Waals surface area contributed by atoms with Gasteiger partial charge in [-0.15, -0.1) is 0 Å². The number of fused-ring (bicyclic) bond motifs is 2. The Balaban J connectivity index is 1.66. The van der Waals surface area contributed by atoms with Gasteiger partial charge in [0.15, 0.2) is 0 Å². The van der Waals surface area contributed by atoms with Gasteiger partial charge in [0.05, 0.1) is 36.7 Å². The highest BCUT2D eigenvalue weighted by Crippen LogP contribution is 2.21. The molecule has 0 spiro atoms. The Morgan fingerprint density at radius 3 is 3.04 bits per heavy atom. The third kappa shape index (κ3) is 3.20. The fraction of sp³-hybridized carbons (Fsp3) is 0.350. The van der Waals surface area contributed by atoms with Crippen molar-refractivity contribution in [1.29, 1.82) is 0 Å². The lowest BCUT2D eigenvalue weighted by molar-refractivity contribution is 0.0418. The summed E-state index contributed by atoms with van der Waals surface area (Å²) in [5.74, 6) is -0.0601. The maximum absolute atomic E-state index is 13.3. The average Bonchev–Trinajstić information content (AvgIpc) is 3.05. The van der Waals surface area contributed by atoms with Crippen LogP contribution in [-0.2, 0) is 17.8 Å². The van der Waals surface area contributed by atoms with E-state index in [1.807, 2.05) is 60.7 Å². The fourth-order valence-electron chi connectivity index (χ4n) is 3.43. The number of carbonyl (C=O) groups excluding carboxylic acids is 1. The van der Waals surface area contributed by atoms with Gasteiger partial charge in [-0.25, -0.2) is 9.97 Å². The molecule has 0 saturated heterocycles. The van der Waals surface area contributed by atoms with E-state index < -0.39 is 0 Å². The molecule has 4 rings (SSSR count). The molecule has 134 valence electrons. The first-order valence-electron chi connectivity index (χ1n) is 9.00. The highest BCUT2D eigenvalue weighted by Gasteiger charge is 2.29. The molecule has 3 aromatic rings. The number of para-hydroxylation sites is 1. The van der Waals surface area contributed by atoms with Crippen LogP contribution in [0.25, 0.3) is 10.9 Å². The highest BCUT2D eigenvalue weighted by molar-refractivity contribution is 5.95. The van der Waals surface area contributed by atoms with Crippen molar-refractivity contribution in [3.63, 3.8) is 0 Å². The molecule has 1 atom stereocenters. The predicted octanol–water partition coefficient (Wildman–Crippen LogP) is 2.88. The van der Waals surface area contributed by atoms with Gasteiger partial charge in [-0.1, -0.05) is 24.3 Å². The molecule has 1 aromatic carbocycles. The van der Waals surface area contributed by atoms with Crippen LogP contribution in [0.1, 0.15) is 29.5 Å². The monoisotopic (exact) mass is 350 g/mol. The number of carbonyl (C=O) groups is 1. The molecule has 1 aliphatic heterocycles. The Labute approximate surface area is 152 Å². The lowest BCUT2D eigenvalue weighted by atomic mass is 10.1. The van der Waals surface area contributed by atoms with Crippen LogP contribution in [0.2, 0.25) is 0 Å². The van der Waals surface area contributed by atoms with Gasteiger partial charge in [0.1, 0.15) is 5.69 Å². The van der Waals surface area contributed by atoms with Gasteiger partial charge < -0.3 is 14.2 Å². The minimum atomic E-state index is -0.0601. The number of amides is 1. The van der Waals surface area contributed by atoms with Gasteiger partial charge in [0, 0.05) is 24.7 Å². The van der Waals surface area contributed by atoms with E-state index in [1.165, 1.54) is 0 Å². The molecule has 0 saturated carbocycles. The van der Waals surface area contributed by atoms with E-state index in [9.17, 15) is 4.79 Å². The number of hydrogen-bond acceptors (Lipinski definition) is 4. The maximum atomic E-state index is 13.3. The summed E-state index contributed by atoms with van der Waals surface area (Å²) in [7, 11) is 0. The van der Waals surface area contributed by atoms with Gasteiger partial charge in [-0.2, -0.15) is 0 Å². The van der Waals surface area contributed by atoms with E-state index in [-0.39, 0.29) is 11.9 Å². The molecule has 0 unspecified atom stereocenters. The third-order valence-corrected chi connectivity index (χ3v) is 4.87. The van der Waals surface area contributed by atoms with E-state index >= 15 is 0 Å². The highest BCUT2D eigenvalue weighted by atomic mass is 16.5. The molecule has 0 fully saturated rings. The molecule has 26 heavy (non-hydrogen) atoms. The summed E-state index contributed by atoms with van der Waals surface area (Å²) >= 11 is 0. The van der Waals surface area contributed by atoms with Crippen LogP contribution in [-0.4, -0.2) is 44.6 Å². The van der Waals surface area contributed by atoms with E-state index in [4.69, 9.17) is 4.74 Å². The minimum absolute atomic E-state index is 0.0237. The summed E-state index contributed by atoms with van der Waals surface area (Å²) in [4.78, 5) is 24.0. The Bertz CT molecular complexity index is 921. The van der Waals surface area contributed by atoms with Gasteiger partial charge in [0.25, 0.3) is 5.91 Å². The van der Waals surface area contributed by atoms with Crippen molar-refractivity contribution in [3.05, 3.63) is 60.3 Å². The lowest BCUT2D eigenvalue weighted by Crippen LogP contribution is -2.42. The van der Waals surface area contributed by atoms with E-state index in [2.05, 4.69) is 14.5 Å². The standard InChI is InChI=1S/C20H22N4O2/c1-2-26-13-16-9-10-23-14-21-11-17(23)12-24(16)20(25)19-8-7-15-5-3-4-6-18(15)22-19/h3-8,11,14,16H,2,9-10,12-13H2,1H3/t16-/m1/s1. The van der Waals surface area contributed by atoms with Crippen LogP contribution in [0.3, 0.4) is 0 Å². The quantitative estimate of drug-likeness (QED) is 0.726. The number of aryl methyl sites for hydroxylation is 1. The Morgan fingerprint density at radius 1 is 1.27 bits per heavy atom. The number of nitrogens with zero attached hydrogens (tertiary/aromatic N) is 4. The summed E-state index contributed by atoms with van der Waals surface area (Å²) in [6.45, 7) is 4.50. The van der Waals surface area contributed by atoms with Crippen molar-refractivity contribution < 1.29 is 9.53 Å². The normalized spacial score (nSPS) is 17.1. The zero-order valence-corrected chi connectivity index (χ0v) is 14.8. The molecule has 0 aliphatic carbocycles. The molecule has 0 bridgehead atoms. The topological polar surface area (TPSA) is 60.2 Å². The zero-order chi connectivity index (χ0) is 17.9.